The predicted molar refractivity (Wildman–Crippen MR) is 105 cm³/mol. The lowest BCUT2D eigenvalue weighted by Gasteiger charge is -2.09. The zero-order chi connectivity index (χ0) is 20.6. The average molecular weight is 398 g/mol. The number of hydrogen-bond donors (Lipinski definition) is 4. The number of primary amides is 1. The second-order valence-electron chi connectivity index (χ2n) is 5.77. The van der Waals surface area contributed by atoms with Crippen LogP contribution in [0.2, 0.25) is 0 Å². The van der Waals surface area contributed by atoms with Crippen LogP contribution < -0.4 is 22.5 Å². The quantitative estimate of drug-likeness (QED) is 0.214. The summed E-state index contributed by atoms with van der Waals surface area (Å²) in [6.45, 7) is 3.63. The number of anilines is 2. The number of benzene rings is 1. The molecule has 1 aromatic rings. The summed E-state index contributed by atoms with van der Waals surface area (Å²) in [5, 5.41) is 2.73. The molecule has 28 heavy (non-hydrogen) atoms. The van der Waals surface area contributed by atoms with E-state index < -0.39 is 0 Å². The molecule has 0 aliphatic heterocycles. The Balaban J connectivity index is 1.87. The van der Waals surface area contributed by atoms with Gasteiger partial charge in [0.1, 0.15) is 0 Å². The zero-order valence-electron chi connectivity index (χ0n) is 16.0. The number of carbonyl (C=O) groups excluding carboxylic acids is 2. The number of ether oxygens (including phenoxy) is 4. The van der Waals surface area contributed by atoms with Gasteiger partial charge in [0.25, 0.3) is 5.91 Å². The molecular weight excluding hydrogens is 368 g/mol. The molecule has 0 fully saturated rings. The molecule has 158 valence electrons. The summed E-state index contributed by atoms with van der Waals surface area (Å²) in [5.41, 5.74) is 17.5. The number of carbonyl (C=O) groups is 2. The van der Waals surface area contributed by atoms with E-state index in [0.717, 1.165) is 0 Å². The van der Waals surface area contributed by atoms with Gasteiger partial charge in [0.15, 0.2) is 0 Å². The lowest BCUT2D eigenvalue weighted by Crippen LogP contribution is -2.27. The second-order valence-corrected chi connectivity index (χ2v) is 5.77. The van der Waals surface area contributed by atoms with Crippen LogP contribution in [-0.2, 0) is 23.7 Å². The highest BCUT2D eigenvalue weighted by atomic mass is 16.6. The number of nitrogens with one attached hydrogen (secondary N) is 1. The third-order valence-electron chi connectivity index (χ3n) is 3.49. The van der Waals surface area contributed by atoms with E-state index in [9.17, 15) is 9.59 Å². The maximum absolute atomic E-state index is 11.9. The van der Waals surface area contributed by atoms with E-state index in [2.05, 4.69) is 5.32 Å². The SMILES string of the molecule is NC(=O)CCOCCOCCOCCOCCNC(=O)c1ccc(N)c(N)c1. The van der Waals surface area contributed by atoms with Gasteiger partial charge in [-0.05, 0) is 18.2 Å². The van der Waals surface area contributed by atoms with Gasteiger partial charge < -0.3 is 41.5 Å². The molecule has 0 unspecified atom stereocenters. The van der Waals surface area contributed by atoms with Crippen LogP contribution >= 0.6 is 0 Å². The van der Waals surface area contributed by atoms with Crippen molar-refractivity contribution >= 4 is 23.2 Å². The number of amides is 2. The summed E-state index contributed by atoms with van der Waals surface area (Å²) in [4.78, 5) is 22.4. The topological polar surface area (TPSA) is 161 Å². The Bertz CT molecular complexity index is 599. The molecule has 0 bridgehead atoms. The van der Waals surface area contributed by atoms with Crippen LogP contribution in [-0.4, -0.2) is 71.2 Å². The van der Waals surface area contributed by atoms with Gasteiger partial charge in [0.2, 0.25) is 5.91 Å². The average Bonchev–Trinajstić information content (AvgIpc) is 2.66. The first-order valence-electron chi connectivity index (χ1n) is 9.03. The van der Waals surface area contributed by atoms with E-state index in [1.54, 1.807) is 12.1 Å². The molecular formula is C18H30N4O6. The Morgan fingerprint density at radius 3 is 1.86 bits per heavy atom. The molecule has 0 aliphatic rings. The van der Waals surface area contributed by atoms with Gasteiger partial charge in [-0.2, -0.15) is 0 Å². The predicted octanol–water partition coefficient (Wildman–Crippen LogP) is -0.477. The molecule has 0 heterocycles. The Labute approximate surface area is 164 Å². The Hall–Kier alpha value is -2.40. The fraction of sp³-hybridized carbons (Fsp3) is 0.556. The van der Waals surface area contributed by atoms with Crippen LogP contribution in [0.5, 0.6) is 0 Å². The summed E-state index contributed by atoms with van der Waals surface area (Å²) in [6, 6.07) is 4.75. The lowest BCUT2D eigenvalue weighted by atomic mass is 10.1. The van der Waals surface area contributed by atoms with Crippen LogP contribution in [0.1, 0.15) is 16.8 Å². The zero-order valence-corrected chi connectivity index (χ0v) is 16.0. The van der Waals surface area contributed by atoms with Gasteiger partial charge in [-0.15, -0.1) is 0 Å². The molecule has 0 spiro atoms. The maximum Gasteiger partial charge on any atom is 0.251 e. The van der Waals surface area contributed by atoms with Crippen LogP contribution in [0.25, 0.3) is 0 Å². The van der Waals surface area contributed by atoms with Crippen molar-refractivity contribution in [1.29, 1.82) is 0 Å². The van der Waals surface area contributed by atoms with E-state index in [0.29, 0.717) is 76.3 Å². The number of hydrogen-bond acceptors (Lipinski definition) is 8. The van der Waals surface area contributed by atoms with Crippen LogP contribution in [0, 0.1) is 0 Å². The highest BCUT2D eigenvalue weighted by Crippen LogP contribution is 2.15. The molecule has 10 nitrogen and oxygen atoms in total. The minimum Gasteiger partial charge on any atom is -0.397 e. The largest absolute Gasteiger partial charge is 0.397 e. The fourth-order valence-corrected chi connectivity index (χ4v) is 1.99. The van der Waals surface area contributed by atoms with Crippen molar-refractivity contribution in [2.24, 2.45) is 5.73 Å². The first-order chi connectivity index (χ1) is 13.5. The monoisotopic (exact) mass is 398 g/mol. The molecule has 0 aromatic heterocycles. The molecule has 0 saturated carbocycles. The van der Waals surface area contributed by atoms with Crippen LogP contribution in [0.3, 0.4) is 0 Å². The first-order valence-corrected chi connectivity index (χ1v) is 9.03. The molecule has 10 heteroatoms. The van der Waals surface area contributed by atoms with Crippen LogP contribution in [0.4, 0.5) is 11.4 Å². The minimum atomic E-state index is -0.383. The molecule has 1 rings (SSSR count). The highest BCUT2D eigenvalue weighted by molar-refractivity contribution is 5.95. The maximum atomic E-state index is 11.9. The molecule has 0 atom stereocenters. The van der Waals surface area contributed by atoms with E-state index >= 15 is 0 Å². The van der Waals surface area contributed by atoms with Gasteiger partial charge in [0.05, 0.1) is 64.2 Å². The Morgan fingerprint density at radius 2 is 1.32 bits per heavy atom. The van der Waals surface area contributed by atoms with E-state index in [1.165, 1.54) is 6.07 Å². The van der Waals surface area contributed by atoms with Gasteiger partial charge in [-0.25, -0.2) is 0 Å². The Kier molecular flexibility index (Phi) is 12.4. The molecule has 0 aliphatic carbocycles. The van der Waals surface area contributed by atoms with Crippen molar-refractivity contribution in [2.75, 3.05) is 70.9 Å². The summed E-state index contributed by atoms with van der Waals surface area (Å²) < 4.78 is 21.2. The molecule has 7 N–H and O–H groups in total. The number of rotatable bonds is 16. The van der Waals surface area contributed by atoms with Gasteiger partial charge in [0, 0.05) is 18.5 Å². The van der Waals surface area contributed by atoms with Crippen molar-refractivity contribution < 1.29 is 28.5 Å². The van der Waals surface area contributed by atoms with E-state index in [-0.39, 0.29) is 18.2 Å². The van der Waals surface area contributed by atoms with Crippen molar-refractivity contribution in [3.63, 3.8) is 0 Å². The molecule has 2 amide bonds. The second kappa shape index (κ2) is 14.6. The summed E-state index contributed by atoms with van der Waals surface area (Å²) >= 11 is 0. The molecule has 0 saturated heterocycles. The Morgan fingerprint density at radius 1 is 0.786 bits per heavy atom. The van der Waals surface area contributed by atoms with E-state index in [1.807, 2.05) is 0 Å². The van der Waals surface area contributed by atoms with Gasteiger partial charge in [-0.3, -0.25) is 9.59 Å². The number of nitrogens with two attached hydrogens (primary N) is 3. The summed E-state index contributed by atoms with van der Waals surface area (Å²) in [6.07, 6.45) is 0.211. The third-order valence-corrected chi connectivity index (χ3v) is 3.49. The van der Waals surface area contributed by atoms with Crippen LogP contribution in [0.15, 0.2) is 18.2 Å². The minimum absolute atomic E-state index is 0.211. The van der Waals surface area contributed by atoms with Crippen molar-refractivity contribution in [2.45, 2.75) is 6.42 Å². The summed E-state index contributed by atoms with van der Waals surface area (Å²) in [7, 11) is 0. The van der Waals surface area contributed by atoms with Gasteiger partial charge in [-0.1, -0.05) is 0 Å². The fourth-order valence-electron chi connectivity index (χ4n) is 1.99. The van der Waals surface area contributed by atoms with E-state index in [4.69, 9.17) is 36.1 Å². The third kappa shape index (κ3) is 11.3. The van der Waals surface area contributed by atoms with Crippen molar-refractivity contribution in [3.05, 3.63) is 23.8 Å². The molecule has 0 radical (unpaired) electrons. The normalized spacial score (nSPS) is 10.7. The molecule has 1 aromatic carbocycles. The first kappa shape index (κ1) is 23.6. The van der Waals surface area contributed by atoms with Crippen molar-refractivity contribution in [3.8, 4) is 0 Å². The summed E-state index contributed by atoms with van der Waals surface area (Å²) in [5.74, 6) is -0.617. The smallest absolute Gasteiger partial charge is 0.251 e. The van der Waals surface area contributed by atoms with Gasteiger partial charge >= 0.3 is 0 Å². The standard InChI is InChI=1S/C18H30N4O6/c19-15-2-1-14(13-16(15)20)18(24)22-4-6-26-8-10-28-12-11-27-9-7-25-5-3-17(21)23/h1-2,13H,3-12,19-20H2,(H2,21,23)(H,22,24). The van der Waals surface area contributed by atoms with Crippen molar-refractivity contribution in [1.82, 2.24) is 5.32 Å². The lowest BCUT2D eigenvalue weighted by molar-refractivity contribution is -0.119. The highest BCUT2D eigenvalue weighted by Gasteiger charge is 2.06. The number of nitrogen functional groups attached to an aromatic ring is 2.